The molecule has 1 atom stereocenters. The lowest BCUT2D eigenvalue weighted by Gasteiger charge is -2.39. The van der Waals surface area contributed by atoms with Gasteiger partial charge in [0.1, 0.15) is 18.4 Å². The van der Waals surface area contributed by atoms with Gasteiger partial charge in [0.15, 0.2) is 0 Å². The summed E-state index contributed by atoms with van der Waals surface area (Å²) in [5.74, 6) is -0.0734. The highest BCUT2D eigenvalue weighted by molar-refractivity contribution is 5.83. The van der Waals surface area contributed by atoms with Crippen LogP contribution in [0.15, 0.2) is 18.2 Å². The number of hydrogen-bond donors (Lipinski definition) is 1. The summed E-state index contributed by atoms with van der Waals surface area (Å²) in [6.45, 7) is 9.57. The SMILES string of the molecule is CC(=O)N1CC2(CCN(CCOc3cccc(C)c3C)CC2)C[C@H]1C(=O)O. The van der Waals surface area contributed by atoms with Crippen LogP contribution >= 0.6 is 0 Å². The Labute approximate surface area is 161 Å². The van der Waals surface area contributed by atoms with Gasteiger partial charge >= 0.3 is 5.97 Å². The van der Waals surface area contributed by atoms with Crippen LogP contribution in [0, 0.1) is 19.3 Å². The van der Waals surface area contributed by atoms with Crippen molar-refractivity contribution in [3.05, 3.63) is 29.3 Å². The molecular weight excluding hydrogens is 344 g/mol. The van der Waals surface area contributed by atoms with Crippen molar-refractivity contribution in [3.8, 4) is 5.75 Å². The Bertz CT molecular complexity index is 686. The van der Waals surface area contributed by atoms with E-state index in [1.165, 1.54) is 18.1 Å². The number of nitrogens with zero attached hydrogens (tertiary/aromatic N) is 2. The summed E-state index contributed by atoms with van der Waals surface area (Å²) in [6.07, 6.45) is 2.45. The summed E-state index contributed by atoms with van der Waals surface area (Å²) >= 11 is 0. The standard InChI is InChI=1S/C21H30N2O4/c1-15-5-4-6-19(16(15)2)27-12-11-22-9-7-21(8-10-22)13-18(20(25)26)23(14-21)17(3)24/h4-6,18H,7-14H2,1-3H3,(H,25,26)/t18-/m0/s1. The molecule has 0 saturated carbocycles. The summed E-state index contributed by atoms with van der Waals surface area (Å²) in [7, 11) is 0. The minimum atomic E-state index is -0.883. The van der Waals surface area contributed by atoms with Gasteiger partial charge < -0.3 is 14.7 Å². The lowest BCUT2D eigenvalue weighted by atomic mass is 9.76. The number of piperidine rings is 1. The van der Waals surface area contributed by atoms with Crippen LogP contribution in [0.25, 0.3) is 0 Å². The average Bonchev–Trinajstić information content (AvgIpc) is 3.01. The lowest BCUT2D eigenvalue weighted by Crippen LogP contribution is -2.43. The van der Waals surface area contributed by atoms with E-state index in [-0.39, 0.29) is 11.3 Å². The van der Waals surface area contributed by atoms with Gasteiger partial charge in [-0.2, -0.15) is 0 Å². The summed E-state index contributed by atoms with van der Waals surface area (Å²) < 4.78 is 5.96. The predicted octanol–water partition coefficient (Wildman–Crippen LogP) is 2.47. The third-order valence-corrected chi connectivity index (χ3v) is 6.33. The van der Waals surface area contributed by atoms with Crippen LogP contribution in [0.3, 0.4) is 0 Å². The highest BCUT2D eigenvalue weighted by atomic mass is 16.5. The fraction of sp³-hybridized carbons (Fsp3) is 0.619. The molecule has 27 heavy (non-hydrogen) atoms. The number of aryl methyl sites for hydroxylation is 1. The normalized spacial score (nSPS) is 22.2. The summed E-state index contributed by atoms with van der Waals surface area (Å²) in [6, 6.07) is 5.45. The van der Waals surface area contributed by atoms with Gasteiger partial charge in [-0.25, -0.2) is 4.79 Å². The molecule has 1 N–H and O–H groups in total. The van der Waals surface area contributed by atoms with E-state index in [2.05, 4.69) is 24.8 Å². The Balaban J connectivity index is 1.50. The van der Waals surface area contributed by atoms with Crippen LogP contribution in [-0.4, -0.2) is 65.6 Å². The van der Waals surface area contributed by atoms with E-state index in [9.17, 15) is 14.7 Å². The maximum absolute atomic E-state index is 11.8. The highest BCUT2D eigenvalue weighted by Gasteiger charge is 2.48. The van der Waals surface area contributed by atoms with Gasteiger partial charge in [0.25, 0.3) is 0 Å². The van der Waals surface area contributed by atoms with Crippen molar-refractivity contribution < 1.29 is 19.4 Å². The Morgan fingerprint density at radius 1 is 1.26 bits per heavy atom. The smallest absolute Gasteiger partial charge is 0.326 e. The average molecular weight is 374 g/mol. The van der Waals surface area contributed by atoms with Crippen LogP contribution in [-0.2, 0) is 9.59 Å². The zero-order valence-electron chi connectivity index (χ0n) is 16.5. The van der Waals surface area contributed by atoms with Crippen molar-refractivity contribution >= 4 is 11.9 Å². The molecule has 0 unspecified atom stereocenters. The number of hydrogen-bond acceptors (Lipinski definition) is 4. The zero-order valence-corrected chi connectivity index (χ0v) is 16.5. The van der Waals surface area contributed by atoms with Crippen molar-refractivity contribution in [2.75, 3.05) is 32.8 Å². The van der Waals surface area contributed by atoms with Crippen molar-refractivity contribution in [2.24, 2.45) is 5.41 Å². The van der Waals surface area contributed by atoms with E-state index in [0.29, 0.717) is 19.6 Å². The number of aliphatic carboxylic acids is 1. The third-order valence-electron chi connectivity index (χ3n) is 6.33. The van der Waals surface area contributed by atoms with E-state index in [0.717, 1.165) is 38.2 Å². The van der Waals surface area contributed by atoms with Crippen molar-refractivity contribution in [2.45, 2.75) is 46.1 Å². The quantitative estimate of drug-likeness (QED) is 0.857. The van der Waals surface area contributed by atoms with Gasteiger partial charge in [-0.15, -0.1) is 0 Å². The molecule has 0 aliphatic carbocycles. The molecule has 1 amide bonds. The number of rotatable bonds is 5. The first-order valence-electron chi connectivity index (χ1n) is 9.73. The Hall–Kier alpha value is -2.08. The van der Waals surface area contributed by atoms with Gasteiger partial charge in [-0.3, -0.25) is 9.69 Å². The maximum Gasteiger partial charge on any atom is 0.326 e. The molecule has 6 nitrogen and oxygen atoms in total. The molecular formula is C21H30N2O4. The molecule has 0 radical (unpaired) electrons. The molecule has 2 saturated heterocycles. The summed E-state index contributed by atoms with van der Waals surface area (Å²) in [4.78, 5) is 27.2. The number of likely N-dealkylation sites (tertiary alicyclic amines) is 2. The second-order valence-corrected chi connectivity index (χ2v) is 8.09. The van der Waals surface area contributed by atoms with Crippen LogP contribution in [0.5, 0.6) is 5.75 Å². The van der Waals surface area contributed by atoms with Crippen LogP contribution < -0.4 is 4.74 Å². The lowest BCUT2D eigenvalue weighted by molar-refractivity contribution is -0.147. The van der Waals surface area contributed by atoms with Crippen molar-refractivity contribution in [1.29, 1.82) is 0 Å². The summed E-state index contributed by atoms with van der Waals surface area (Å²) in [5.41, 5.74) is 2.38. The zero-order chi connectivity index (χ0) is 19.6. The molecule has 1 aromatic carbocycles. The Morgan fingerprint density at radius 2 is 1.96 bits per heavy atom. The number of carboxylic acids is 1. The van der Waals surface area contributed by atoms with E-state index >= 15 is 0 Å². The molecule has 2 heterocycles. The van der Waals surface area contributed by atoms with Gasteiger partial charge in [0, 0.05) is 20.0 Å². The minimum absolute atomic E-state index is 0.0424. The summed E-state index contributed by atoms with van der Waals surface area (Å²) in [5, 5.41) is 9.44. The van der Waals surface area contributed by atoms with Gasteiger partial charge in [0.2, 0.25) is 5.91 Å². The van der Waals surface area contributed by atoms with E-state index in [1.807, 2.05) is 12.1 Å². The monoisotopic (exact) mass is 374 g/mol. The molecule has 0 aromatic heterocycles. The fourth-order valence-corrected chi connectivity index (χ4v) is 4.39. The number of benzene rings is 1. The Kier molecular flexibility index (Phi) is 5.75. The first kappa shape index (κ1) is 19.7. The molecule has 2 aliphatic rings. The number of carbonyl (C=O) groups is 2. The van der Waals surface area contributed by atoms with Crippen molar-refractivity contribution in [3.63, 3.8) is 0 Å². The second-order valence-electron chi connectivity index (χ2n) is 8.09. The third kappa shape index (κ3) is 4.26. The van der Waals surface area contributed by atoms with Gasteiger partial charge in [-0.1, -0.05) is 12.1 Å². The van der Waals surface area contributed by atoms with Gasteiger partial charge in [-0.05, 0) is 68.8 Å². The Morgan fingerprint density at radius 3 is 2.56 bits per heavy atom. The molecule has 148 valence electrons. The van der Waals surface area contributed by atoms with Crippen LogP contribution in [0.2, 0.25) is 0 Å². The van der Waals surface area contributed by atoms with E-state index < -0.39 is 12.0 Å². The largest absolute Gasteiger partial charge is 0.492 e. The number of ether oxygens (including phenoxy) is 1. The molecule has 1 aromatic rings. The van der Waals surface area contributed by atoms with Crippen molar-refractivity contribution in [1.82, 2.24) is 9.80 Å². The maximum atomic E-state index is 11.8. The van der Waals surface area contributed by atoms with E-state index in [4.69, 9.17) is 4.74 Å². The number of carboxylic acid groups (broad SMARTS) is 1. The number of amides is 1. The molecule has 2 aliphatic heterocycles. The minimum Gasteiger partial charge on any atom is -0.492 e. The number of carbonyl (C=O) groups excluding carboxylic acids is 1. The molecule has 3 rings (SSSR count). The fourth-order valence-electron chi connectivity index (χ4n) is 4.39. The first-order chi connectivity index (χ1) is 12.8. The molecule has 6 heteroatoms. The van der Waals surface area contributed by atoms with Gasteiger partial charge in [0.05, 0.1) is 0 Å². The second kappa shape index (κ2) is 7.89. The molecule has 0 bridgehead atoms. The predicted molar refractivity (Wildman–Crippen MR) is 103 cm³/mol. The topological polar surface area (TPSA) is 70.1 Å². The van der Waals surface area contributed by atoms with E-state index in [1.54, 1.807) is 4.90 Å². The highest BCUT2D eigenvalue weighted by Crippen LogP contribution is 2.43. The van der Waals surface area contributed by atoms with Crippen LogP contribution in [0.4, 0.5) is 0 Å². The molecule has 1 spiro atoms. The van der Waals surface area contributed by atoms with Crippen LogP contribution in [0.1, 0.15) is 37.3 Å². The first-order valence-corrected chi connectivity index (χ1v) is 9.73. The molecule has 2 fully saturated rings.